The van der Waals surface area contributed by atoms with E-state index >= 15 is 0 Å². The Hall–Kier alpha value is -1.91. The number of carbonyl (C=O) groups is 2. The van der Waals surface area contributed by atoms with E-state index in [9.17, 15) is 9.59 Å². The standard InChI is InChI=1S/C15H11ClO3S/c16-12-5-3-11(4-6-12)14(17)10-19-15(18)8-7-13-2-1-9-20-13/h1-9H,10H2. The summed E-state index contributed by atoms with van der Waals surface area (Å²) in [6, 6.07) is 10.2. The van der Waals surface area contributed by atoms with Gasteiger partial charge in [0.1, 0.15) is 0 Å². The van der Waals surface area contributed by atoms with Gasteiger partial charge in [-0.05, 0) is 41.8 Å². The third kappa shape index (κ3) is 4.33. The summed E-state index contributed by atoms with van der Waals surface area (Å²) in [5.41, 5.74) is 0.462. The maximum Gasteiger partial charge on any atom is 0.331 e. The van der Waals surface area contributed by atoms with Crippen LogP contribution in [0.3, 0.4) is 0 Å². The van der Waals surface area contributed by atoms with E-state index in [1.165, 1.54) is 17.4 Å². The number of carbonyl (C=O) groups excluding carboxylic acids is 2. The van der Waals surface area contributed by atoms with Crippen LogP contribution in [0.1, 0.15) is 15.2 Å². The molecule has 0 fully saturated rings. The zero-order valence-corrected chi connectivity index (χ0v) is 12.0. The number of hydrogen-bond donors (Lipinski definition) is 0. The highest BCUT2D eigenvalue weighted by Crippen LogP contribution is 2.11. The molecule has 0 spiro atoms. The third-order valence-electron chi connectivity index (χ3n) is 2.44. The average Bonchev–Trinajstić information content (AvgIpc) is 2.96. The molecule has 0 aliphatic rings. The van der Waals surface area contributed by atoms with Crippen LogP contribution < -0.4 is 0 Å². The summed E-state index contributed by atoms with van der Waals surface area (Å²) in [6.07, 6.45) is 2.96. The van der Waals surface area contributed by atoms with Gasteiger partial charge in [0.25, 0.3) is 0 Å². The summed E-state index contributed by atoms with van der Waals surface area (Å²) in [4.78, 5) is 24.2. The predicted octanol–water partition coefficient (Wildman–Crippen LogP) is 3.84. The van der Waals surface area contributed by atoms with E-state index in [-0.39, 0.29) is 12.4 Å². The number of ketones is 1. The molecule has 0 unspecified atom stereocenters. The molecule has 0 N–H and O–H groups in total. The number of hydrogen-bond acceptors (Lipinski definition) is 4. The van der Waals surface area contributed by atoms with Crippen molar-refractivity contribution >= 4 is 40.8 Å². The lowest BCUT2D eigenvalue weighted by molar-refractivity contribution is -0.136. The Morgan fingerprint density at radius 2 is 1.95 bits per heavy atom. The molecule has 0 saturated heterocycles. The van der Waals surface area contributed by atoms with E-state index in [1.807, 2.05) is 17.5 Å². The molecule has 1 aromatic carbocycles. The summed E-state index contributed by atoms with van der Waals surface area (Å²) in [5, 5.41) is 2.46. The van der Waals surface area contributed by atoms with Crippen LogP contribution in [0.15, 0.2) is 47.9 Å². The van der Waals surface area contributed by atoms with Crippen molar-refractivity contribution in [1.29, 1.82) is 0 Å². The molecule has 2 aromatic rings. The molecule has 0 aliphatic carbocycles. The second kappa shape index (κ2) is 7.03. The molecule has 20 heavy (non-hydrogen) atoms. The Bertz CT molecular complexity index is 615. The molecule has 0 atom stereocenters. The summed E-state index contributed by atoms with van der Waals surface area (Å²) < 4.78 is 4.88. The first kappa shape index (κ1) is 14.5. The van der Waals surface area contributed by atoms with Crippen molar-refractivity contribution in [3.63, 3.8) is 0 Å². The van der Waals surface area contributed by atoms with E-state index in [0.717, 1.165) is 4.88 Å². The number of ether oxygens (including phenoxy) is 1. The molecule has 1 aromatic heterocycles. The van der Waals surface area contributed by atoms with Crippen LogP contribution in [0.2, 0.25) is 5.02 Å². The van der Waals surface area contributed by atoms with Crippen LogP contribution in [0.5, 0.6) is 0 Å². The highest BCUT2D eigenvalue weighted by Gasteiger charge is 2.08. The van der Waals surface area contributed by atoms with Gasteiger partial charge in [-0.2, -0.15) is 0 Å². The second-order valence-electron chi connectivity index (χ2n) is 3.89. The van der Waals surface area contributed by atoms with E-state index in [2.05, 4.69) is 0 Å². The normalized spacial score (nSPS) is 10.7. The third-order valence-corrected chi connectivity index (χ3v) is 3.53. The van der Waals surface area contributed by atoms with Crippen molar-refractivity contribution in [3.8, 4) is 0 Å². The van der Waals surface area contributed by atoms with Crippen LogP contribution in [0.4, 0.5) is 0 Å². The van der Waals surface area contributed by atoms with Gasteiger partial charge in [-0.15, -0.1) is 11.3 Å². The molecule has 0 aliphatic heterocycles. The monoisotopic (exact) mass is 306 g/mol. The molecular formula is C15H11ClO3S. The topological polar surface area (TPSA) is 43.4 Å². The quantitative estimate of drug-likeness (QED) is 0.479. The minimum absolute atomic E-state index is 0.264. The highest BCUT2D eigenvalue weighted by molar-refractivity contribution is 7.10. The average molecular weight is 307 g/mol. The van der Waals surface area contributed by atoms with Crippen molar-refractivity contribution in [2.24, 2.45) is 0 Å². The van der Waals surface area contributed by atoms with Crippen molar-refractivity contribution in [1.82, 2.24) is 0 Å². The minimum Gasteiger partial charge on any atom is -0.454 e. The van der Waals surface area contributed by atoms with Crippen molar-refractivity contribution < 1.29 is 14.3 Å². The van der Waals surface area contributed by atoms with Crippen LogP contribution in [-0.4, -0.2) is 18.4 Å². The second-order valence-corrected chi connectivity index (χ2v) is 5.30. The van der Waals surface area contributed by atoms with E-state index < -0.39 is 5.97 Å². The lowest BCUT2D eigenvalue weighted by Gasteiger charge is -2.01. The molecule has 0 saturated carbocycles. The number of esters is 1. The fourth-order valence-corrected chi connectivity index (χ4v) is 2.18. The van der Waals surface area contributed by atoms with Gasteiger partial charge in [0, 0.05) is 21.5 Å². The van der Waals surface area contributed by atoms with E-state index in [1.54, 1.807) is 30.3 Å². The smallest absolute Gasteiger partial charge is 0.331 e. The summed E-state index contributed by atoms with van der Waals surface area (Å²) in [7, 11) is 0. The maximum atomic E-state index is 11.8. The van der Waals surface area contributed by atoms with Crippen LogP contribution in [0, 0.1) is 0 Å². The molecule has 0 amide bonds. The molecule has 0 bridgehead atoms. The number of halogens is 1. The molecular weight excluding hydrogens is 296 g/mol. The largest absolute Gasteiger partial charge is 0.454 e. The highest BCUT2D eigenvalue weighted by atomic mass is 35.5. The summed E-state index contributed by atoms with van der Waals surface area (Å²) >= 11 is 7.24. The number of thiophene rings is 1. The van der Waals surface area contributed by atoms with E-state index in [4.69, 9.17) is 16.3 Å². The van der Waals surface area contributed by atoms with Crippen LogP contribution in [0.25, 0.3) is 6.08 Å². The first-order valence-corrected chi connectivity index (χ1v) is 7.08. The molecule has 102 valence electrons. The molecule has 5 heteroatoms. The molecule has 0 radical (unpaired) electrons. The molecule has 1 heterocycles. The maximum absolute atomic E-state index is 11.8. The van der Waals surface area contributed by atoms with Gasteiger partial charge in [-0.3, -0.25) is 4.79 Å². The summed E-state index contributed by atoms with van der Waals surface area (Å²) in [6.45, 7) is -0.282. The van der Waals surface area contributed by atoms with Gasteiger partial charge in [0.05, 0.1) is 0 Å². The molecule has 2 rings (SSSR count). The van der Waals surface area contributed by atoms with Gasteiger partial charge < -0.3 is 4.74 Å². The first-order chi connectivity index (χ1) is 9.65. The SMILES string of the molecule is O=C(C=Cc1cccs1)OCC(=O)c1ccc(Cl)cc1. The zero-order chi connectivity index (χ0) is 14.4. The van der Waals surface area contributed by atoms with Gasteiger partial charge in [0.2, 0.25) is 0 Å². The fraction of sp³-hybridized carbons (Fsp3) is 0.0667. The van der Waals surface area contributed by atoms with E-state index in [0.29, 0.717) is 10.6 Å². The van der Waals surface area contributed by atoms with Gasteiger partial charge in [-0.25, -0.2) is 4.79 Å². The van der Waals surface area contributed by atoms with Crippen molar-refractivity contribution in [2.45, 2.75) is 0 Å². The van der Waals surface area contributed by atoms with Crippen LogP contribution in [-0.2, 0) is 9.53 Å². The first-order valence-electron chi connectivity index (χ1n) is 5.82. The lowest BCUT2D eigenvalue weighted by atomic mass is 10.1. The number of Topliss-reactive ketones (excluding diaryl/α,β-unsaturated/α-hetero) is 1. The summed E-state index contributed by atoms with van der Waals surface area (Å²) in [5.74, 6) is -0.805. The van der Waals surface area contributed by atoms with Crippen molar-refractivity contribution in [3.05, 3.63) is 63.3 Å². The minimum atomic E-state index is -0.541. The Balaban J connectivity index is 1.84. The fourth-order valence-electron chi connectivity index (χ4n) is 1.44. The van der Waals surface area contributed by atoms with Crippen molar-refractivity contribution in [2.75, 3.05) is 6.61 Å². The zero-order valence-electron chi connectivity index (χ0n) is 10.4. The predicted molar refractivity (Wildman–Crippen MR) is 80.1 cm³/mol. The molecule has 3 nitrogen and oxygen atoms in total. The van der Waals surface area contributed by atoms with Gasteiger partial charge in [-0.1, -0.05) is 17.7 Å². The Morgan fingerprint density at radius 1 is 1.20 bits per heavy atom. The lowest BCUT2D eigenvalue weighted by Crippen LogP contribution is -2.12. The Labute approximate surface area is 125 Å². The number of rotatable bonds is 5. The van der Waals surface area contributed by atoms with Gasteiger partial charge >= 0.3 is 5.97 Å². The van der Waals surface area contributed by atoms with Crippen LogP contribution >= 0.6 is 22.9 Å². The number of benzene rings is 1. The van der Waals surface area contributed by atoms with Gasteiger partial charge in [0.15, 0.2) is 12.4 Å². The Morgan fingerprint density at radius 3 is 2.60 bits per heavy atom. The Kier molecular flexibility index (Phi) is 5.09.